The minimum absolute atomic E-state index is 0.0426. The molecule has 0 fully saturated rings. The van der Waals surface area contributed by atoms with Crippen molar-refractivity contribution < 1.29 is 32.4 Å². The maximum absolute atomic E-state index is 16.3. The van der Waals surface area contributed by atoms with Gasteiger partial charge >= 0.3 is 6.09 Å². The molecule has 10 nitrogen and oxygen atoms in total. The molecule has 1 aromatic rings. The number of amidine groups is 1. The smallest absolute Gasteiger partial charge is 0.410 e. The number of sulfone groups is 1. The van der Waals surface area contributed by atoms with Crippen LogP contribution in [0, 0.1) is 10.1 Å². The Bertz CT molecular complexity index is 1020. The Morgan fingerprint density at radius 3 is 2.61 bits per heavy atom. The molecule has 28 heavy (non-hydrogen) atoms. The highest BCUT2D eigenvalue weighted by Gasteiger charge is 2.69. The number of ether oxygens (including phenoxy) is 1. The fraction of sp³-hybridized carbons (Fsp3) is 0.500. The summed E-state index contributed by atoms with van der Waals surface area (Å²) in [5.41, 5.74) is -2.72. The van der Waals surface area contributed by atoms with Crippen molar-refractivity contribution in [2.24, 2.45) is 4.99 Å². The average molecular weight is 415 g/mol. The third-order valence-corrected chi connectivity index (χ3v) is 8.33. The van der Waals surface area contributed by atoms with E-state index in [1.165, 1.54) is 13.0 Å². The molecule has 2 aliphatic heterocycles. The molecule has 0 saturated heterocycles. The van der Waals surface area contributed by atoms with Gasteiger partial charge in [0.25, 0.3) is 5.69 Å². The number of aliphatic imine (C=N–C) groups is 1. The number of amides is 1. The number of fused-ring (bicyclic) bond motifs is 3. The van der Waals surface area contributed by atoms with Gasteiger partial charge in [-0.05, 0) is 26.8 Å². The van der Waals surface area contributed by atoms with E-state index in [9.17, 15) is 23.3 Å². The molecule has 152 valence electrons. The number of nitro benzene ring substituents is 1. The molecule has 0 radical (unpaired) electrons. The molecular weight excluding hydrogens is 397 g/mol. The number of alkyl halides is 1. The second-order valence-corrected chi connectivity index (χ2v) is 9.92. The topological polar surface area (TPSA) is 148 Å². The number of hydrogen-bond donors (Lipinski definition) is 2. The number of carboxylic acid groups (broad SMARTS) is 1. The van der Waals surface area contributed by atoms with Gasteiger partial charge < -0.3 is 9.84 Å². The van der Waals surface area contributed by atoms with E-state index < -0.39 is 54.1 Å². The number of nitrogens with zero attached hydrogens (tertiary/aromatic N) is 2. The van der Waals surface area contributed by atoms with Crippen LogP contribution in [0.5, 0.6) is 5.75 Å². The summed E-state index contributed by atoms with van der Waals surface area (Å²) in [5.74, 6) is -0.434. The van der Waals surface area contributed by atoms with Crippen molar-refractivity contribution in [1.29, 1.82) is 0 Å². The van der Waals surface area contributed by atoms with Crippen LogP contribution in [0.25, 0.3) is 0 Å². The molecule has 2 aliphatic rings. The number of rotatable bonds is 1. The molecule has 1 unspecified atom stereocenters. The van der Waals surface area contributed by atoms with E-state index in [0.717, 1.165) is 26.0 Å². The van der Waals surface area contributed by atoms with Crippen molar-refractivity contribution in [3.05, 3.63) is 33.9 Å². The van der Waals surface area contributed by atoms with Gasteiger partial charge in [-0.25, -0.2) is 17.6 Å². The summed E-state index contributed by atoms with van der Waals surface area (Å²) in [7, 11) is -4.69. The zero-order chi connectivity index (χ0) is 21.1. The molecule has 0 saturated carbocycles. The molecule has 3 rings (SSSR count). The summed E-state index contributed by atoms with van der Waals surface area (Å²) in [4.78, 5) is 25.8. The van der Waals surface area contributed by atoms with Gasteiger partial charge in [0.1, 0.15) is 21.9 Å². The molecule has 0 aliphatic carbocycles. The number of nitrogens with one attached hydrogen (secondary N) is 1. The predicted octanol–water partition coefficient (Wildman–Crippen LogP) is 2.13. The van der Waals surface area contributed by atoms with Crippen molar-refractivity contribution in [3.8, 4) is 5.75 Å². The Balaban J connectivity index is 2.42. The van der Waals surface area contributed by atoms with Gasteiger partial charge in [-0.3, -0.25) is 20.4 Å². The van der Waals surface area contributed by atoms with Crippen LogP contribution in [0.15, 0.2) is 23.2 Å². The highest BCUT2D eigenvalue weighted by Crippen LogP contribution is 2.56. The zero-order valence-corrected chi connectivity index (χ0v) is 16.0. The number of halogens is 1. The summed E-state index contributed by atoms with van der Waals surface area (Å²) < 4.78 is 46.4. The summed E-state index contributed by atoms with van der Waals surface area (Å²) >= 11 is 0. The average Bonchev–Trinajstić information content (AvgIpc) is 2.69. The third-order valence-electron chi connectivity index (χ3n) is 5.34. The maximum atomic E-state index is 16.3. The van der Waals surface area contributed by atoms with Crippen LogP contribution in [0.3, 0.4) is 0 Å². The van der Waals surface area contributed by atoms with Gasteiger partial charge in [0.2, 0.25) is 5.00 Å². The Labute approximate surface area is 159 Å². The third kappa shape index (κ3) is 2.40. The first-order valence-corrected chi connectivity index (χ1v) is 9.71. The summed E-state index contributed by atoms with van der Waals surface area (Å²) in [6.45, 7) is 3.17. The minimum Gasteiger partial charge on any atom is -0.493 e. The second-order valence-electron chi connectivity index (χ2n) is 7.24. The number of hydrogen-bond acceptors (Lipinski definition) is 7. The molecule has 0 bridgehead atoms. The maximum Gasteiger partial charge on any atom is 0.410 e. The van der Waals surface area contributed by atoms with Crippen molar-refractivity contribution in [2.75, 3.05) is 6.61 Å². The Kier molecular flexibility index (Phi) is 4.19. The first kappa shape index (κ1) is 20.0. The largest absolute Gasteiger partial charge is 0.493 e. The SMILES string of the molecule is CC1(C)C(NC(=O)O)=N[C@]2(C)c3cc([N+](=O)[O-])ccc3OCCC2(F)S1(=O)=O. The van der Waals surface area contributed by atoms with Crippen LogP contribution in [-0.2, 0) is 15.4 Å². The van der Waals surface area contributed by atoms with Crippen molar-refractivity contribution in [2.45, 2.75) is 42.5 Å². The number of benzene rings is 1. The van der Waals surface area contributed by atoms with Crippen molar-refractivity contribution >= 4 is 27.5 Å². The number of carbonyl (C=O) groups is 1. The molecule has 2 N–H and O–H groups in total. The fourth-order valence-electron chi connectivity index (χ4n) is 3.58. The van der Waals surface area contributed by atoms with E-state index in [1.54, 1.807) is 0 Å². The monoisotopic (exact) mass is 415 g/mol. The van der Waals surface area contributed by atoms with Crippen molar-refractivity contribution in [1.82, 2.24) is 5.32 Å². The summed E-state index contributed by atoms with van der Waals surface area (Å²) in [6.07, 6.45) is -2.15. The second kappa shape index (κ2) is 5.87. The Hall–Kier alpha value is -2.76. The molecule has 1 amide bonds. The lowest BCUT2D eigenvalue weighted by molar-refractivity contribution is -0.385. The van der Waals surface area contributed by atoms with Gasteiger partial charge in [-0.2, -0.15) is 0 Å². The van der Waals surface area contributed by atoms with Crippen LogP contribution in [-0.4, -0.2) is 46.7 Å². The van der Waals surface area contributed by atoms with Crippen LogP contribution in [0.2, 0.25) is 0 Å². The van der Waals surface area contributed by atoms with Crippen LogP contribution in [0.1, 0.15) is 32.8 Å². The molecule has 2 heterocycles. The van der Waals surface area contributed by atoms with E-state index in [2.05, 4.69) is 4.99 Å². The molecular formula is C16H18FN3O7S. The van der Waals surface area contributed by atoms with Gasteiger partial charge in [-0.1, -0.05) is 0 Å². The van der Waals surface area contributed by atoms with E-state index in [0.29, 0.717) is 0 Å². The van der Waals surface area contributed by atoms with Crippen LogP contribution >= 0.6 is 0 Å². The zero-order valence-electron chi connectivity index (χ0n) is 15.2. The highest BCUT2D eigenvalue weighted by molar-refractivity contribution is 7.94. The molecule has 2 atom stereocenters. The van der Waals surface area contributed by atoms with Crippen molar-refractivity contribution in [3.63, 3.8) is 0 Å². The van der Waals surface area contributed by atoms with E-state index in [1.807, 2.05) is 5.32 Å². The van der Waals surface area contributed by atoms with Gasteiger partial charge in [0.05, 0.1) is 11.5 Å². The van der Waals surface area contributed by atoms with E-state index in [4.69, 9.17) is 9.84 Å². The quantitative estimate of drug-likeness (QED) is 0.527. The first-order chi connectivity index (χ1) is 12.8. The Morgan fingerprint density at radius 2 is 2.04 bits per heavy atom. The number of nitro groups is 1. The highest BCUT2D eigenvalue weighted by atomic mass is 32.2. The van der Waals surface area contributed by atoms with Gasteiger partial charge in [0, 0.05) is 24.1 Å². The van der Waals surface area contributed by atoms with Crippen LogP contribution < -0.4 is 10.1 Å². The summed E-state index contributed by atoms with van der Waals surface area (Å²) in [5, 5.41) is 19.2. The normalized spacial score (nSPS) is 29.9. The van der Waals surface area contributed by atoms with Crippen LogP contribution in [0.4, 0.5) is 14.9 Å². The lowest BCUT2D eigenvalue weighted by Crippen LogP contribution is -2.66. The summed E-state index contributed by atoms with van der Waals surface area (Å²) in [6, 6.07) is 3.40. The fourth-order valence-corrected chi connectivity index (χ4v) is 5.78. The van der Waals surface area contributed by atoms with Gasteiger partial charge in [-0.15, -0.1) is 0 Å². The number of non-ortho nitro benzene ring substituents is 1. The standard InChI is InChI=1S/C16H18FN3O7S/c1-14(2)12(18-13(21)22)19-15(3)10-8-9(20(23)24)4-5-11(10)27-7-6-16(15,17)28(14,25)26/h4-5,8H,6-7H2,1-3H3,(H,18,19)(H,21,22)/t15-,16?/m1/s1. The van der Waals surface area contributed by atoms with E-state index >= 15 is 4.39 Å². The predicted molar refractivity (Wildman–Crippen MR) is 96.0 cm³/mol. The molecule has 12 heteroatoms. The molecule has 0 spiro atoms. The lowest BCUT2D eigenvalue weighted by Gasteiger charge is -2.47. The van der Waals surface area contributed by atoms with Gasteiger partial charge in [0.15, 0.2) is 9.84 Å². The van der Waals surface area contributed by atoms with E-state index in [-0.39, 0.29) is 17.9 Å². The Morgan fingerprint density at radius 1 is 1.39 bits per heavy atom. The minimum atomic E-state index is -4.69. The lowest BCUT2D eigenvalue weighted by atomic mass is 9.84. The molecule has 0 aromatic heterocycles. The molecule has 1 aromatic carbocycles. The first-order valence-electron chi connectivity index (χ1n) is 8.23.